The summed E-state index contributed by atoms with van der Waals surface area (Å²) >= 11 is 0. The maximum Gasteiger partial charge on any atom is 0.305 e. The molecule has 9 heteroatoms. The van der Waals surface area contributed by atoms with Crippen molar-refractivity contribution in [1.82, 2.24) is 24.4 Å². The average Bonchev–Trinajstić information content (AvgIpc) is 2.80. The Morgan fingerprint density at radius 1 is 1.40 bits per heavy atom. The number of carbonyl (C=O) groups is 2. The predicted molar refractivity (Wildman–Crippen MR) is 69.6 cm³/mol. The van der Waals surface area contributed by atoms with Crippen LogP contribution in [0.1, 0.15) is 6.42 Å². The minimum absolute atomic E-state index is 0.0169. The van der Waals surface area contributed by atoms with E-state index in [2.05, 4.69) is 15.0 Å². The second-order valence-electron chi connectivity index (χ2n) is 4.26. The summed E-state index contributed by atoms with van der Waals surface area (Å²) in [5, 5.41) is 8.59. The molecule has 2 rings (SSSR count). The highest BCUT2D eigenvalue weighted by Crippen LogP contribution is 2.14. The number of carbonyl (C=O) groups excluding carboxylic acids is 1. The molecule has 0 saturated carbocycles. The zero-order valence-corrected chi connectivity index (χ0v) is 10.9. The molecule has 0 unspecified atom stereocenters. The van der Waals surface area contributed by atoms with Gasteiger partial charge in [0.15, 0.2) is 11.5 Å². The van der Waals surface area contributed by atoms with Crippen molar-refractivity contribution in [1.29, 1.82) is 0 Å². The normalized spacial score (nSPS) is 10.7. The van der Waals surface area contributed by atoms with Gasteiger partial charge in [-0.25, -0.2) is 15.0 Å². The fourth-order valence-electron chi connectivity index (χ4n) is 1.67. The van der Waals surface area contributed by atoms with Gasteiger partial charge in [0.2, 0.25) is 5.91 Å². The molecule has 2 aromatic rings. The third-order valence-electron chi connectivity index (χ3n) is 2.82. The fourth-order valence-corrected chi connectivity index (χ4v) is 1.67. The molecule has 0 radical (unpaired) electrons. The van der Waals surface area contributed by atoms with Crippen molar-refractivity contribution in [3.63, 3.8) is 0 Å². The van der Waals surface area contributed by atoms with Gasteiger partial charge in [0.1, 0.15) is 18.4 Å². The molecule has 2 heterocycles. The Kier molecular flexibility index (Phi) is 3.78. The van der Waals surface area contributed by atoms with Crippen molar-refractivity contribution in [2.45, 2.75) is 13.0 Å². The molecule has 20 heavy (non-hydrogen) atoms. The number of hydrogen-bond donors (Lipinski definition) is 2. The lowest BCUT2D eigenvalue weighted by molar-refractivity contribution is -0.138. The molecule has 0 aliphatic heterocycles. The van der Waals surface area contributed by atoms with E-state index in [0.29, 0.717) is 11.2 Å². The number of carboxylic acids is 1. The van der Waals surface area contributed by atoms with Crippen LogP contribution in [0.3, 0.4) is 0 Å². The number of nitrogens with two attached hydrogens (primary N) is 1. The van der Waals surface area contributed by atoms with Gasteiger partial charge in [-0.15, -0.1) is 0 Å². The van der Waals surface area contributed by atoms with E-state index in [-0.39, 0.29) is 31.2 Å². The molecule has 0 fully saturated rings. The minimum atomic E-state index is -0.946. The molecule has 9 nitrogen and oxygen atoms in total. The number of aliphatic carboxylic acids is 1. The fraction of sp³-hybridized carbons (Fsp3) is 0.364. The third kappa shape index (κ3) is 2.82. The maximum atomic E-state index is 12.0. The van der Waals surface area contributed by atoms with E-state index in [0.717, 1.165) is 0 Å². The number of anilines is 1. The first-order valence-electron chi connectivity index (χ1n) is 5.86. The molecule has 0 aliphatic rings. The van der Waals surface area contributed by atoms with Crippen LogP contribution in [0.2, 0.25) is 0 Å². The Labute approximate surface area is 114 Å². The molecule has 1 amide bonds. The first-order chi connectivity index (χ1) is 9.49. The largest absolute Gasteiger partial charge is 0.481 e. The third-order valence-corrected chi connectivity index (χ3v) is 2.82. The van der Waals surface area contributed by atoms with Crippen LogP contribution in [-0.2, 0) is 16.1 Å². The lowest BCUT2D eigenvalue weighted by Gasteiger charge is -2.16. The number of nitrogens with zero attached hydrogens (tertiary/aromatic N) is 5. The van der Waals surface area contributed by atoms with Crippen molar-refractivity contribution in [2.24, 2.45) is 0 Å². The molecule has 3 N–H and O–H groups in total. The van der Waals surface area contributed by atoms with Gasteiger partial charge in [-0.2, -0.15) is 0 Å². The van der Waals surface area contributed by atoms with Crippen LogP contribution in [0.5, 0.6) is 0 Å². The number of fused-ring (bicyclic) bond motifs is 1. The lowest BCUT2D eigenvalue weighted by atomic mass is 10.4. The van der Waals surface area contributed by atoms with Gasteiger partial charge in [0.25, 0.3) is 0 Å². The highest BCUT2D eigenvalue weighted by Gasteiger charge is 2.14. The van der Waals surface area contributed by atoms with Gasteiger partial charge in [0, 0.05) is 13.6 Å². The van der Waals surface area contributed by atoms with Gasteiger partial charge in [-0.05, 0) is 0 Å². The van der Waals surface area contributed by atoms with E-state index in [1.54, 1.807) is 11.6 Å². The van der Waals surface area contributed by atoms with E-state index in [1.807, 2.05) is 0 Å². The van der Waals surface area contributed by atoms with Crippen LogP contribution >= 0.6 is 0 Å². The van der Waals surface area contributed by atoms with E-state index >= 15 is 0 Å². The Bertz CT molecular complexity index is 653. The smallest absolute Gasteiger partial charge is 0.305 e. The molecule has 0 saturated heterocycles. The van der Waals surface area contributed by atoms with Gasteiger partial charge in [0.05, 0.1) is 12.7 Å². The average molecular weight is 278 g/mol. The number of rotatable bonds is 5. The summed E-state index contributed by atoms with van der Waals surface area (Å²) in [4.78, 5) is 35.7. The Hall–Kier alpha value is -2.71. The second-order valence-corrected chi connectivity index (χ2v) is 4.26. The quantitative estimate of drug-likeness (QED) is 0.743. The summed E-state index contributed by atoms with van der Waals surface area (Å²) in [7, 11) is 1.55. The Morgan fingerprint density at radius 2 is 2.15 bits per heavy atom. The van der Waals surface area contributed by atoms with Crippen molar-refractivity contribution in [2.75, 3.05) is 19.3 Å². The van der Waals surface area contributed by atoms with Crippen molar-refractivity contribution >= 4 is 28.9 Å². The molecule has 106 valence electrons. The van der Waals surface area contributed by atoms with Crippen LogP contribution in [0.25, 0.3) is 11.2 Å². The number of amides is 1. The molecule has 0 spiro atoms. The summed E-state index contributed by atoms with van der Waals surface area (Å²) in [5.41, 5.74) is 6.56. The summed E-state index contributed by atoms with van der Waals surface area (Å²) in [6.45, 7) is 0.168. The molecular formula is C11H14N6O3. The molecular weight excluding hydrogens is 264 g/mol. The van der Waals surface area contributed by atoms with E-state index in [1.165, 1.54) is 17.6 Å². The summed E-state index contributed by atoms with van der Waals surface area (Å²) in [6, 6.07) is 0. The van der Waals surface area contributed by atoms with Crippen LogP contribution in [0.4, 0.5) is 5.82 Å². The minimum Gasteiger partial charge on any atom is -0.481 e. The van der Waals surface area contributed by atoms with Gasteiger partial charge in [-0.3, -0.25) is 9.59 Å². The Balaban J connectivity index is 2.10. The van der Waals surface area contributed by atoms with Crippen LogP contribution < -0.4 is 5.73 Å². The molecule has 2 aromatic heterocycles. The molecule has 0 bridgehead atoms. The zero-order chi connectivity index (χ0) is 14.7. The van der Waals surface area contributed by atoms with E-state index < -0.39 is 5.97 Å². The first-order valence-corrected chi connectivity index (χ1v) is 5.86. The van der Waals surface area contributed by atoms with Crippen LogP contribution in [-0.4, -0.2) is 55.0 Å². The van der Waals surface area contributed by atoms with Crippen LogP contribution in [0.15, 0.2) is 12.7 Å². The summed E-state index contributed by atoms with van der Waals surface area (Å²) < 4.78 is 1.55. The second kappa shape index (κ2) is 5.51. The topological polar surface area (TPSA) is 127 Å². The van der Waals surface area contributed by atoms with E-state index in [9.17, 15) is 9.59 Å². The number of nitrogen functional groups attached to an aromatic ring is 1. The standard InChI is InChI=1S/C11H14N6O3/c1-16(3-2-8(19)20)7(18)4-17-6-15-9-10(12)13-5-14-11(9)17/h5-6H,2-4H2,1H3,(H,19,20)(H2,12,13,14). The van der Waals surface area contributed by atoms with Gasteiger partial charge >= 0.3 is 5.97 Å². The van der Waals surface area contributed by atoms with E-state index in [4.69, 9.17) is 10.8 Å². The highest BCUT2D eigenvalue weighted by molar-refractivity contribution is 5.83. The number of likely N-dealkylation sites (N-methyl/N-ethyl adjacent to an activating group) is 1. The molecule has 0 aromatic carbocycles. The van der Waals surface area contributed by atoms with Crippen molar-refractivity contribution in [3.8, 4) is 0 Å². The number of aromatic nitrogens is 4. The van der Waals surface area contributed by atoms with Crippen LogP contribution in [0, 0.1) is 0 Å². The number of hydrogen-bond acceptors (Lipinski definition) is 6. The number of carboxylic acid groups (broad SMARTS) is 1. The predicted octanol–water partition coefficient (Wildman–Crippen LogP) is -0.658. The summed E-state index contributed by atoms with van der Waals surface area (Å²) in [5.74, 6) is -0.929. The van der Waals surface area contributed by atoms with Gasteiger partial charge < -0.3 is 20.3 Å². The highest BCUT2D eigenvalue weighted by atomic mass is 16.4. The SMILES string of the molecule is CN(CCC(=O)O)C(=O)Cn1cnc2c(N)ncnc21. The van der Waals surface area contributed by atoms with Gasteiger partial charge in [-0.1, -0.05) is 0 Å². The number of imidazole rings is 1. The monoisotopic (exact) mass is 278 g/mol. The van der Waals surface area contributed by atoms with Crippen molar-refractivity contribution < 1.29 is 14.7 Å². The Morgan fingerprint density at radius 3 is 2.85 bits per heavy atom. The molecule has 0 atom stereocenters. The molecule has 0 aliphatic carbocycles. The maximum absolute atomic E-state index is 12.0. The first kappa shape index (κ1) is 13.7. The summed E-state index contributed by atoms with van der Waals surface area (Å²) in [6.07, 6.45) is 2.66. The zero-order valence-electron chi connectivity index (χ0n) is 10.9. The lowest BCUT2D eigenvalue weighted by Crippen LogP contribution is -2.32. The van der Waals surface area contributed by atoms with Crippen molar-refractivity contribution in [3.05, 3.63) is 12.7 Å².